The third-order valence-corrected chi connectivity index (χ3v) is 5.25. The summed E-state index contributed by atoms with van der Waals surface area (Å²) < 4.78 is 1.93. The van der Waals surface area contributed by atoms with E-state index in [4.69, 9.17) is 11.6 Å². The van der Waals surface area contributed by atoms with Crippen LogP contribution in [0, 0.1) is 0 Å². The van der Waals surface area contributed by atoms with Crippen molar-refractivity contribution >= 4 is 28.3 Å². The first-order valence-corrected chi connectivity index (χ1v) is 9.83. The number of carbonyl (C=O) groups excluding carboxylic acids is 1. The van der Waals surface area contributed by atoms with Crippen LogP contribution in [0.15, 0.2) is 67.3 Å². The lowest BCUT2D eigenvalue weighted by atomic mass is 10.0. The minimum Gasteiger partial charge on any atom is -0.337 e. The van der Waals surface area contributed by atoms with Crippen molar-refractivity contribution in [2.45, 2.75) is 13.5 Å². The van der Waals surface area contributed by atoms with Crippen molar-refractivity contribution in [3.8, 4) is 11.1 Å². The van der Waals surface area contributed by atoms with Gasteiger partial charge in [0.25, 0.3) is 5.91 Å². The number of pyridine rings is 1. The topological polar surface area (TPSA) is 51.0 Å². The Kier molecular flexibility index (Phi) is 5.32. The Hall–Kier alpha value is -3.18. The van der Waals surface area contributed by atoms with Gasteiger partial charge in [-0.05, 0) is 47.5 Å². The third kappa shape index (κ3) is 4.00. The van der Waals surface area contributed by atoms with Crippen LogP contribution in [0.3, 0.4) is 0 Å². The van der Waals surface area contributed by atoms with Crippen molar-refractivity contribution < 1.29 is 4.79 Å². The number of carbonyl (C=O) groups is 1. The summed E-state index contributed by atoms with van der Waals surface area (Å²) in [6, 6.07) is 13.8. The number of nitrogens with zero attached hydrogens (tertiary/aromatic N) is 4. The van der Waals surface area contributed by atoms with Crippen LogP contribution in [0.1, 0.15) is 23.1 Å². The molecule has 2 aromatic heterocycles. The fraction of sp³-hybridized carbons (Fsp3) is 0.174. The van der Waals surface area contributed by atoms with Gasteiger partial charge in [-0.3, -0.25) is 9.78 Å². The Morgan fingerprint density at radius 3 is 2.59 bits per heavy atom. The molecule has 0 unspecified atom stereocenters. The molecule has 146 valence electrons. The number of fused-ring (bicyclic) bond motifs is 1. The van der Waals surface area contributed by atoms with Crippen molar-refractivity contribution in [2.75, 3.05) is 6.54 Å². The van der Waals surface area contributed by atoms with E-state index in [9.17, 15) is 4.79 Å². The van der Waals surface area contributed by atoms with E-state index < -0.39 is 0 Å². The van der Waals surface area contributed by atoms with Gasteiger partial charge in [0.15, 0.2) is 0 Å². The van der Waals surface area contributed by atoms with E-state index in [1.807, 2.05) is 61.1 Å². The molecule has 0 spiro atoms. The molecule has 0 fully saturated rings. The van der Waals surface area contributed by atoms with Gasteiger partial charge in [-0.25, -0.2) is 4.98 Å². The van der Waals surface area contributed by atoms with Gasteiger partial charge in [-0.15, -0.1) is 0 Å². The van der Waals surface area contributed by atoms with Crippen LogP contribution < -0.4 is 0 Å². The summed E-state index contributed by atoms with van der Waals surface area (Å²) in [5, 5.41) is 2.68. The minimum atomic E-state index is 0.000479. The third-order valence-electron chi connectivity index (χ3n) is 5.05. The fourth-order valence-corrected chi connectivity index (χ4v) is 3.53. The van der Waals surface area contributed by atoms with Crippen LogP contribution in [0.25, 0.3) is 21.9 Å². The molecule has 0 N–H and O–H groups in total. The molecule has 0 atom stereocenters. The van der Waals surface area contributed by atoms with Gasteiger partial charge >= 0.3 is 0 Å². The van der Waals surface area contributed by atoms with E-state index in [2.05, 4.69) is 16.0 Å². The molecule has 0 aliphatic heterocycles. The highest BCUT2D eigenvalue weighted by molar-refractivity contribution is 6.30. The summed E-state index contributed by atoms with van der Waals surface area (Å²) in [7, 11) is 1.93. The van der Waals surface area contributed by atoms with Crippen molar-refractivity contribution in [3.05, 3.63) is 83.7 Å². The Morgan fingerprint density at radius 2 is 1.86 bits per heavy atom. The molecule has 29 heavy (non-hydrogen) atoms. The van der Waals surface area contributed by atoms with Gasteiger partial charge in [-0.2, -0.15) is 0 Å². The number of benzene rings is 2. The molecule has 4 aromatic rings. The number of rotatable bonds is 5. The summed E-state index contributed by atoms with van der Waals surface area (Å²) >= 11 is 6.06. The van der Waals surface area contributed by atoms with Gasteiger partial charge in [0.2, 0.25) is 0 Å². The zero-order chi connectivity index (χ0) is 20.4. The lowest BCUT2D eigenvalue weighted by molar-refractivity contribution is 0.0747. The summed E-state index contributed by atoms with van der Waals surface area (Å²) in [5.41, 5.74) is 2.68. The van der Waals surface area contributed by atoms with E-state index >= 15 is 0 Å². The molecular weight excluding hydrogens is 384 g/mol. The minimum absolute atomic E-state index is 0.000479. The van der Waals surface area contributed by atoms with Crippen LogP contribution >= 0.6 is 11.6 Å². The second kappa shape index (κ2) is 8.05. The van der Waals surface area contributed by atoms with Gasteiger partial charge in [0.05, 0.1) is 11.6 Å². The average molecular weight is 405 g/mol. The summed E-state index contributed by atoms with van der Waals surface area (Å²) in [6.07, 6.45) is 7.05. The number of hydrogen-bond donors (Lipinski definition) is 0. The standard InChI is InChI=1S/C23H21ClN4O/c1-3-28(15-22-26-8-9-27(22)2)23(29)19-7-6-16-10-18(5-4-17(16)11-19)20-12-21(24)14-25-13-20/h4-14H,3,15H2,1-2H3. The maximum atomic E-state index is 13.0. The first-order valence-electron chi connectivity index (χ1n) is 9.45. The molecule has 0 aliphatic carbocycles. The lowest BCUT2D eigenvalue weighted by Gasteiger charge is -2.21. The molecule has 0 aliphatic rings. The van der Waals surface area contributed by atoms with Gasteiger partial charge in [-0.1, -0.05) is 29.8 Å². The Balaban J connectivity index is 1.62. The highest BCUT2D eigenvalue weighted by Gasteiger charge is 2.17. The van der Waals surface area contributed by atoms with Crippen LogP contribution in [-0.2, 0) is 13.6 Å². The van der Waals surface area contributed by atoms with Gasteiger partial charge < -0.3 is 9.47 Å². The summed E-state index contributed by atoms with van der Waals surface area (Å²) in [4.78, 5) is 23.3. The zero-order valence-electron chi connectivity index (χ0n) is 16.3. The van der Waals surface area contributed by atoms with Gasteiger partial charge in [0.1, 0.15) is 5.82 Å². The Labute approximate surface area is 174 Å². The van der Waals surface area contributed by atoms with Gasteiger partial charge in [0, 0.05) is 49.5 Å². The molecule has 0 saturated carbocycles. The predicted octanol–water partition coefficient (Wildman–Crippen LogP) is 4.95. The number of imidazole rings is 1. The number of aryl methyl sites for hydroxylation is 1. The average Bonchev–Trinajstić information content (AvgIpc) is 3.15. The molecule has 4 rings (SSSR count). The summed E-state index contributed by atoms with van der Waals surface area (Å²) in [5.74, 6) is 0.862. The maximum Gasteiger partial charge on any atom is 0.254 e. The molecule has 0 bridgehead atoms. The smallest absolute Gasteiger partial charge is 0.254 e. The molecule has 0 saturated heterocycles. The molecule has 2 heterocycles. The van der Waals surface area contributed by atoms with E-state index in [0.29, 0.717) is 23.7 Å². The maximum absolute atomic E-state index is 13.0. The van der Waals surface area contributed by atoms with Crippen molar-refractivity contribution in [3.63, 3.8) is 0 Å². The molecule has 1 amide bonds. The monoisotopic (exact) mass is 404 g/mol. The molecule has 6 heteroatoms. The highest BCUT2D eigenvalue weighted by Crippen LogP contribution is 2.26. The second-order valence-corrected chi connectivity index (χ2v) is 7.38. The number of aromatic nitrogens is 3. The van der Waals surface area contributed by atoms with Crippen LogP contribution in [-0.4, -0.2) is 31.9 Å². The van der Waals surface area contributed by atoms with E-state index in [1.165, 1.54) is 0 Å². The fourth-order valence-electron chi connectivity index (χ4n) is 3.36. The Morgan fingerprint density at radius 1 is 1.07 bits per heavy atom. The van der Waals surface area contributed by atoms with E-state index in [-0.39, 0.29) is 5.91 Å². The van der Waals surface area contributed by atoms with Crippen LogP contribution in [0.5, 0.6) is 0 Å². The van der Waals surface area contributed by atoms with Crippen LogP contribution in [0.4, 0.5) is 0 Å². The zero-order valence-corrected chi connectivity index (χ0v) is 17.1. The first-order chi connectivity index (χ1) is 14.0. The summed E-state index contributed by atoms with van der Waals surface area (Å²) in [6.45, 7) is 3.08. The van der Waals surface area contributed by atoms with Crippen molar-refractivity contribution in [1.82, 2.24) is 19.4 Å². The van der Waals surface area contributed by atoms with Crippen LogP contribution in [0.2, 0.25) is 5.02 Å². The largest absolute Gasteiger partial charge is 0.337 e. The quantitative estimate of drug-likeness (QED) is 0.472. The van der Waals surface area contributed by atoms with E-state index in [0.717, 1.165) is 27.7 Å². The lowest BCUT2D eigenvalue weighted by Crippen LogP contribution is -2.31. The predicted molar refractivity (Wildman–Crippen MR) is 116 cm³/mol. The number of halogens is 1. The molecule has 0 radical (unpaired) electrons. The molecular formula is C23H21ClN4O. The van der Waals surface area contributed by atoms with Crippen molar-refractivity contribution in [1.29, 1.82) is 0 Å². The molecule has 2 aromatic carbocycles. The normalized spacial score (nSPS) is 11.0. The number of amides is 1. The SMILES string of the molecule is CCN(Cc1nccn1C)C(=O)c1ccc2cc(-c3cncc(Cl)c3)ccc2c1. The number of hydrogen-bond acceptors (Lipinski definition) is 3. The second-order valence-electron chi connectivity index (χ2n) is 6.94. The Bertz CT molecular complexity index is 1180. The van der Waals surface area contributed by atoms with E-state index in [1.54, 1.807) is 23.5 Å². The highest BCUT2D eigenvalue weighted by atomic mass is 35.5. The molecule has 5 nitrogen and oxygen atoms in total. The first kappa shape index (κ1) is 19.2. The van der Waals surface area contributed by atoms with Crippen molar-refractivity contribution in [2.24, 2.45) is 7.05 Å².